The Hall–Kier alpha value is -3.71. The Balaban J connectivity index is 1.41. The van der Waals surface area contributed by atoms with Crippen LogP contribution in [0, 0.1) is 5.95 Å². The van der Waals surface area contributed by atoms with E-state index in [1.54, 1.807) is 12.1 Å². The number of thioether (sulfide) groups is 1. The van der Waals surface area contributed by atoms with Gasteiger partial charge in [0.2, 0.25) is 23.5 Å². The van der Waals surface area contributed by atoms with Gasteiger partial charge in [-0.1, -0.05) is 23.0 Å². The number of thiazole rings is 1. The van der Waals surface area contributed by atoms with Gasteiger partial charge in [-0.05, 0) is 29.8 Å². The fourth-order valence-corrected chi connectivity index (χ4v) is 4.84. The van der Waals surface area contributed by atoms with E-state index in [1.807, 2.05) is 12.1 Å². The number of nitrogens with zero attached hydrogens (tertiary/aromatic N) is 5. The lowest BCUT2D eigenvalue weighted by molar-refractivity contribution is -0.119. The number of imide groups is 1. The number of fused-ring (bicyclic) bond motifs is 1. The molecule has 3 aromatic heterocycles. The quantitative estimate of drug-likeness (QED) is 0.195. The van der Waals surface area contributed by atoms with Gasteiger partial charge in [-0.3, -0.25) is 14.9 Å². The average molecular weight is 470 g/mol. The second-order valence-electron chi connectivity index (χ2n) is 6.61. The van der Waals surface area contributed by atoms with Crippen LogP contribution < -0.4 is 5.32 Å². The van der Waals surface area contributed by atoms with Crippen LogP contribution in [0.5, 0.6) is 0 Å². The number of oxime groups is 1. The fourth-order valence-electron chi connectivity index (χ4n) is 3.05. The van der Waals surface area contributed by atoms with Crippen molar-refractivity contribution in [3.63, 3.8) is 0 Å². The Bertz CT molecular complexity index is 1380. The Morgan fingerprint density at radius 2 is 2.06 bits per heavy atom. The lowest BCUT2D eigenvalue weighted by Crippen LogP contribution is -2.25. The molecule has 4 aromatic rings. The zero-order chi connectivity index (χ0) is 22.2. The van der Waals surface area contributed by atoms with Gasteiger partial charge in [0.15, 0.2) is 5.01 Å². The summed E-state index contributed by atoms with van der Waals surface area (Å²) in [6.45, 7) is 0. The summed E-state index contributed by atoms with van der Waals surface area (Å²) in [5.41, 5.74) is 2.20. The molecule has 1 aliphatic rings. The molecule has 2 amide bonds. The van der Waals surface area contributed by atoms with Crippen molar-refractivity contribution in [2.75, 3.05) is 0 Å². The molecule has 4 heterocycles. The smallest absolute Gasteiger partial charge is 0.286 e. The minimum Gasteiger partial charge on any atom is -0.419 e. The number of amides is 2. The van der Waals surface area contributed by atoms with Crippen molar-refractivity contribution in [2.45, 2.75) is 11.7 Å². The molecular formula is C19H11FN6O4S2. The molecule has 2 N–H and O–H groups in total. The van der Waals surface area contributed by atoms with Gasteiger partial charge in [0.1, 0.15) is 5.25 Å². The Morgan fingerprint density at radius 3 is 2.78 bits per heavy atom. The number of hydrogen-bond donors (Lipinski definition) is 2. The van der Waals surface area contributed by atoms with Crippen LogP contribution in [0.4, 0.5) is 9.18 Å². The summed E-state index contributed by atoms with van der Waals surface area (Å²) in [4.78, 5) is 31.1. The first-order valence-corrected chi connectivity index (χ1v) is 10.8. The van der Waals surface area contributed by atoms with Crippen LogP contribution in [0.25, 0.3) is 21.3 Å². The second-order valence-corrected chi connectivity index (χ2v) is 8.81. The number of carbonyl (C=O) groups is 2. The largest absolute Gasteiger partial charge is 0.419 e. The van der Waals surface area contributed by atoms with Crippen molar-refractivity contribution < 1.29 is 23.6 Å². The van der Waals surface area contributed by atoms with E-state index in [9.17, 15) is 19.2 Å². The summed E-state index contributed by atoms with van der Waals surface area (Å²) in [6.07, 6.45) is 1.50. The highest BCUT2D eigenvalue weighted by molar-refractivity contribution is 8.15. The predicted molar refractivity (Wildman–Crippen MR) is 113 cm³/mol. The summed E-state index contributed by atoms with van der Waals surface area (Å²) in [5, 5.41) is 22.0. The molecule has 10 nitrogen and oxygen atoms in total. The zero-order valence-corrected chi connectivity index (χ0v) is 17.5. The standard InChI is InChI=1S/C19H11FN6O4S2/c20-13-4-2-9(7-21-13)8-1-3-10-11(5-8)31-18(22-10)15(26-29)17-25-24-14(30-17)6-12-16(27)23-19(28)32-12/h1-5,7,12,29H,6H2,(H,23,27,28). The highest BCUT2D eigenvalue weighted by Gasteiger charge is 2.33. The van der Waals surface area contributed by atoms with E-state index in [0.29, 0.717) is 10.5 Å². The molecule has 1 atom stereocenters. The summed E-state index contributed by atoms with van der Waals surface area (Å²) >= 11 is 2.09. The summed E-state index contributed by atoms with van der Waals surface area (Å²) < 4.78 is 19.4. The topological polar surface area (TPSA) is 143 Å². The first-order valence-electron chi connectivity index (χ1n) is 9.09. The molecular weight excluding hydrogens is 459 g/mol. The van der Waals surface area contributed by atoms with Crippen LogP contribution in [-0.2, 0) is 11.2 Å². The van der Waals surface area contributed by atoms with Crippen LogP contribution in [0.15, 0.2) is 46.1 Å². The van der Waals surface area contributed by atoms with Gasteiger partial charge in [-0.25, -0.2) is 9.97 Å². The summed E-state index contributed by atoms with van der Waals surface area (Å²) in [7, 11) is 0. The molecule has 0 radical (unpaired) electrons. The van der Waals surface area contributed by atoms with E-state index >= 15 is 0 Å². The summed E-state index contributed by atoms with van der Waals surface area (Å²) in [6, 6.07) is 8.39. The van der Waals surface area contributed by atoms with E-state index in [0.717, 1.165) is 27.6 Å². The van der Waals surface area contributed by atoms with Crippen LogP contribution in [-0.4, -0.2) is 47.5 Å². The van der Waals surface area contributed by atoms with Gasteiger partial charge in [0.05, 0.1) is 10.2 Å². The van der Waals surface area contributed by atoms with Crippen LogP contribution >= 0.6 is 23.1 Å². The van der Waals surface area contributed by atoms with Crippen LogP contribution in [0.1, 0.15) is 16.8 Å². The number of aromatic nitrogens is 4. The number of hydrogen-bond acceptors (Lipinski definition) is 11. The SMILES string of the molecule is O=C1NC(=O)C(Cc2nnc(C(=NO)c3nc4ccc(-c5ccc(F)nc5)cc4s3)o2)S1. The molecule has 0 bridgehead atoms. The lowest BCUT2D eigenvalue weighted by atomic mass is 10.1. The fraction of sp³-hybridized carbons (Fsp3) is 0.105. The molecule has 32 heavy (non-hydrogen) atoms. The molecule has 0 aliphatic carbocycles. The van der Waals surface area contributed by atoms with Gasteiger partial charge in [0, 0.05) is 18.2 Å². The number of benzene rings is 1. The van der Waals surface area contributed by atoms with Crippen molar-refractivity contribution in [3.05, 3.63) is 59.3 Å². The highest BCUT2D eigenvalue weighted by atomic mass is 32.2. The molecule has 160 valence electrons. The van der Waals surface area contributed by atoms with Crippen LogP contribution in [0.3, 0.4) is 0 Å². The first-order chi connectivity index (χ1) is 15.5. The van der Waals surface area contributed by atoms with Crippen LogP contribution in [0.2, 0.25) is 0 Å². The highest BCUT2D eigenvalue weighted by Crippen LogP contribution is 2.29. The third-order valence-electron chi connectivity index (χ3n) is 4.55. The molecule has 1 fully saturated rings. The maximum Gasteiger partial charge on any atom is 0.286 e. The summed E-state index contributed by atoms with van der Waals surface area (Å²) in [5.74, 6) is -0.930. The van der Waals surface area contributed by atoms with Gasteiger partial charge in [0.25, 0.3) is 11.1 Å². The molecule has 0 saturated carbocycles. The number of carbonyl (C=O) groups excluding carboxylic acids is 2. The monoisotopic (exact) mass is 470 g/mol. The van der Waals surface area contributed by atoms with Crippen molar-refractivity contribution >= 4 is 50.2 Å². The van der Waals surface area contributed by atoms with Crippen molar-refractivity contribution in [1.29, 1.82) is 0 Å². The molecule has 1 aromatic carbocycles. The van der Waals surface area contributed by atoms with Gasteiger partial charge < -0.3 is 9.62 Å². The van der Waals surface area contributed by atoms with E-state index in [-0.39, 0.29) is 23.9 Å². The number of halogens is 1. The van der Waals surface area contributed by atoms with Gasteiger partial charge in [-0.2, -0.15) is 4.39 Å². The third-order valence-corrected chi connectivity index (χ3v) is 6.55. The van der Waals surface area contributed by atoms with E-state index in [1.165, 1.54) is 23.6 Å². The van der Waals surface area contributed by atoms with E-state index in [2.05, 4.69) is 30.6 Å². The Morgan fingerprint density at radius 1 is 1.22 bits per heavy atom. The number of rotatable bonds is 5. The lowest BCUT2D eigenvalue weighted by Gasteiger charge is -2.00. The minimum atomic E-state index is -0.660. The maximum atomic E-state index is 13.1. The predicted octanol–water partition coefficient (Wildman–Crippen LogP) is 3.00. The zero-order valence-electron chi connectivity index (χ0n) is 15.9. The molecule has 13 heteroatoms. The Labute approximate surface area is 186 Å². The van der Waals surface area contributed by atoms with Gasteiger partial charge >= 0.3 is 0 Å². The first kappa shape index (κ1) is 20.2. The average Bonchev–Trinajstić information content (AvgIpc) is 3.48. The minimum absolute atomic E-state index is 0.0189. The number of pyridine rings is 1. The number of nitrogens with one attached hydrogen (secondary N) is 1. The Kier molecular flexibility index (Phi) is 5.11. The molecule has 5 rings (SSSR count). The normalized spacial score (nSPS) is 16.7. The van der Waals surface area contributed by atoms with Crippen molar-refractivity contribution in [3.8, 4) is 11.1 Å². The van der Waals surface area contributed by atoms with E-state index in [4.69, 9.17) is 4.42 Å². The van der Waals surface area contributed by atoms with Gasteiger partial charge in [-0.15, -0.1) is 21.5 Å². The molecule has 0 spiro atoms. The second kappa shape index (κ2) is 8.09. The molecule has 1 aliphatic heterocycles. The molecule has 1 unspecified atom stereocenters. The van der Waals surface area contributed by atoms with E-state index < -0.39 is 22.3 Å². The maximum absolute atomic E-state index is 13.1. The molecule has 1 saturated heterocycles. The van der Waals surface area contributed by atoms with Crippen molar-refractivity contribution in [2.24, 2.45) is 5.16 Å². The van der Waals surface area contributed by atoms with Crippen molar-refractivity contribution in [1.82, 2.24) is 25.5 Å². The third kappa shape index (κ3) is 3.83.